The van der Waals surface area contributed by atoms with E-state index in [1.54, 1.807) is 29.2 Å². The number of hydrogen-bond acceptors (Lipinski definition) is 6. The van der Waals surface area contributed by atoms with Crippen LogP contribution >= 0.6 is 0 Å². The number of anilines is 1. The van der Waals surface area contributed by atoms with Gasteiger partial charge in [0.25, 0.3) is 5.91 Å². The average Bonchev–Trinajstić information content (AvgIpc) is 2.59. The summed E-state index contributed by atoms with van der Waals surface area (Å²) in [4.78, 5) is 36.9. The fourth-order valence-corrected chi connectivity index (χ4v) is 2.45. The minimum atomic E-state index is -0.567. The highest BCUT2D eigenvalue weighted by Gasteiger charge is 2.28. The summed E-state index contributed by atoms with van der Waals surface area (Å²) in [6, 6.07) is 6.28. The number of rotatable bonds is 4. The smallest absolute Gasteiger partial charge is 0.338 e. The number of piperidine rings is 1. The topological polar surface area (TPSA) is 98.9 Å². The second kappa shape index (κ2) is 7.62. The van der Waals surface area contributed by atoms with Gasteiger partial charge in [-0.15, -0.1) is 0 Å². The number of nitrogens with zero attached hydrogens (tertiary/aromatic N) is 1. The summed E-state index contributed by atoms with van der Waals surface area (Å²) in [6.07, 6.45) is 1.12. The first kappa shape index (κ1) is 16.8. The van der Waals surface area contributed by atoms with Gasteiger partial charge in [0.05, 0.1) is 18.6 Å². The number of methoxy groups -OCH3 is 1. The molecule has 1 aromatic rings. The first-order chi connectivity index (χ1) is 11.0. The molecular formula is C16H20N2O5. The minimum absolute atomic E-state index is 0.165. The summed E-state index contributed by atoms with van der Waals surface area (Å²) in [5, 5.41) is 0. The maximum atomic E-state index is 12.0. The van der Waals surface area contributed by atoms with Crippen molar-refractivity contribution in [2.75, 3.05) is 32.5 Å². The fraction of sp³-hybridized carbons (Fsp3) is 0.438. The molecule has 2 rings (SSSR count). The molecule has 2 N–H and O–H groups in total. The van der Waals surface area contributed by atoms with Gasteiger partial charge in [-0.1, -0.05) is 0 Å². The molecule has 1 saturated heterocycles. The van der Waals surface area contributed by atoms with Gasteiger partial charge in [0, 0.05) is 18.8 Å². The number of ether oxygens (including phenoxy) is 2. The van der Waals surface area contributed by atoms with Crippen molar-refractivity contribution < 1.29 is 23.9 Å². The lowest BCUT2D eigenvalue weighted by molar-refractivity contribution is -0.149. The van der Waals surface area contributed by atoms with E-state index in [-0.39, 0.29) is 24.4 Å². The molecule has 1 amide bonds. The van der Waals surface area contributed by atoms with Crippen LogP contribution in [0.15, 0.2) is 24.3 Å². The van der Waals surface area contributed by atoms with Gasteiger partial charge in [0.1, 0.15) is 0 Å². The van der Waals surface area contributed by atoms with Crippen molar-refractivity contribution >= 4 is 23.5 Å². The van der Waals surface area contributed by atoms with E-state index in [1.165, 1.54) is 7.11 Å². The number of amides is 1. The van der Waals surface area contributed by atoms with Crippen LogP contribution in [0.5, 0.6) is 0 Å². The number of nitrogens with two attached hydrogens (primary N) is 1. The van der Waals surface area contributed by atoms with E-state index in [9.17, 15) is 14.4 Å². The summed E-state index contributed by atoms with van der Waals surface area (Å²) < 4.78 is 9.72. The van der Waals surface area contributed by atoms with Crippen LogP contribution in [0.25, 0.3) is 0 Å². The Morgan fingerprint density at radius 2 is 1.78 bits per heavy atom. The molecule has 23 heavy (non-hydrogen) atoms. The Morgan fingerprint density at radius 1 is 1.17 bits per heavy atom. The molecule has 7 heteroatoms. The Balaban J connectivity index is 1.78. The highest BCUT2D eigenvalue weighted by atomic mass is 16.5. The molecule has 0 unspecified atom stereocenters. The van der Waals surface area contributed by atoms with Crippen molar-refractivity contribution in [3.05, 3.63) is 29.8 Å². The molecule has 1 aromatic carbocycles. The molecule has 0 spiro atoms. The van der Waals surface area contributed by atoms with Crippen molar-refractivity contribution in [3.8, 4) is 0 Å². The Labute approximate surface area is 134 Å². The van der Waals surface area contributed by atoms with Crippen LogP contribution in [0, 0.1) is 5.92 Å². The van der Waals surface area contributed by atoms with Crippen LogP contribution < -0.4 is 5.73 Å². The first-order valence-electron chi connectivity index (χ1n) is 7.39. The van der Waals surface area contributed by atoms with Gasteiger partial charge >= 0.3 is 11.9 Å². The number of likely N-dealkylation sites (tertiary alicyclic amines) is 1. The predicted molar refractivity (Wildman–Crippen MR) is 82.5 cm³/mol. The Morgan fingerprint density at radius 3 is 2.35 bits per heavy atom. The molecule has 0 aliphatic carbocycles. The van der Waals surface area contributed by atoms with Gasteiger partial charge in [-0.05, 0) is 37.1 Å². The van der Waals surface area contributed by atoms with Crippen molar-refractivity contribution in [1.29, 1.82) is 0 Å². The molecule has 0 bridgehead atoms. The van der Waals surface area contributed by atoms with Crippen LogP contribution in [0.1, 0.15) is 23.2 Å². The van der Waals surface area contributed by atoms with Crippen molar-refractivity contribution in [3.63, 3.8) is 0 Å². The van der Waals surface area contributed by atoms with Gasteiger partial charge in [0.15, 0.2) is 6.61 Å². The molecule has 1 heterocycles. The van der Waals surface area contributed by atoms with Crippen LogP contribution in [0.3, 0.4) is 0 Å². The molecule has 7 nitrogen and oxygen atoms in total. The normalized spacial score (nSPS) is 15.1. The Kier molecular flexibility index (Phi) is 5.56. The quantitative estimate of drug-likeness (QED) is 0.652. The van der Waals surface area contributed by atoms with E-state index < -0.39 is 5.97 Å². The molecular weight excluding hydrogens is 300 g/mol. The summed E-state index contributed by atoms with van der Waals surface area (Å²) in [7, 11) is 1.36. The molecule has 1 aliphatic heterocycles. The second-order valence-corrected chi connectivity index (χ2v) is 5.38. The number of benzene rings is 1. The highest BCUT2D eigenvalue weighted by Crippen LogP contribution is 2.18. The van der Waals surface area contributed by atoms with E-state index in [0.29, 0.717) is 37.2 Å². The summed E-state index contributed by atoms with van der Waals surface area (Å²) in [6.45, 7) is 0.599. The SMILES string of the molecule is COC(=O)C1CCN(C(=O)COC(=O)c2ccc(N)cc2)CC1. The van der Waals surface area contributed by atoms with Gasteiger partial charge in [-0.25, -0.2) is 4.79 Å². The average molecular weight is 320 g/mol. The third-order valence-electron chi connectivity index (χ3n) is 3.86. The van der Waals surface area contributed by atoms with E-state index in [4.69, 9.17) is 15.2 Å². The molecule has 0 atom stereocenters. The van der Waals surface area contributed by atoms with Crippen LogP contribution in [-0.2, 0) is 19.1 Å². The molecule has 1 fully saturated rings. The third-order valence-corrected chi connectivity index (χ3v) is 3.86. The lowest BCUT2D eigenvalue weighted by atomic mass is 9.97. The van der Waals surface area contributed by atoms with E-state index in [0.717, 1.165) is 0 Å². The van der Waals surface area contributed by atoms with E-state index in [1.807, 2.05) is 0 Å². The lowest BCUT2D eigenvalue weighted by Gasteiger charge is -2.30. The molecule has 1 aliphatic rings. The van der Waals surface area contributed by atoms with Gasteiger partial charge in [-0.2, -0.15) is 0 Å². The minimum Gasteiger partial charge on any atom is -0.469 e. The number of nitrogen functional groups attached to an aromatic ring is 1. The zero-order valence-electron chi connectivity index (χ0n) is 13.0. The van der Waals surface area contributed by atoms with Crippen molar-refractivity contribution in [1.82, 2.24) is 4.90 Å². The van der Waals surface area contributed by atoms with Crippen LogP contribution in [0.2, 0.25) is 0 Å². The first-order valence-corrected chi connectivity index (χ1v) is 7.39. The van der Waals surface area contributed by atoms with Crippen LogP contribution in [0.4, 0.5) is 5.69 Å². The highest BCUT2D eigenvalue weighted by molar-refractivity contribution is 5.91. The van der Waals surface area contributed by atoms with Crippen LogP contribution in [-0.4, -0.2) is 49.6 Å². The number of hydrogen-bond donors (Lipinski definition) is 1. The lowest BCUT2D eigenvalue weighted by Crippen LogP contribution is -2.42. The monoisotopic (exact) mass is 320 g/mol. The number of esters is 2. The second-order valence-electron chi connectivity index (χ2n) is 5.38. The molecule has 0 radical (unpaired) electrons. The zero-order chi connectivity index (χ0) is 16.8. The predicted octanol–water partition coefficient (Wildman–Crippen LogP) is 0.837. The van der Waals surface area contributed by atoms with Gasteiger partial charge in [-0.3, -0.25) is 9.59 Å². The Bertz CT molecular complexity index is 577. The largest absolute Gasteiger partial charge is 0.469 e. The maximum absolute atomic E-state index is 12.0. The van der Waals surface area contributed by atoms with Crippen molar-refractivity contribution in [2.45, 2.75) is 12.8 Å². The van der Waals surface area contributed by atoms with Gasteiger partial charge < -0.3 is 20.1 Å². The summed E-state index contributed by atoms with van der Waals surface area (Å²) in [5.41, 5.74) is 6.43. The number of carbonyl (C=O) groups is 3. The van der Waals surface area contributed by atoms with E-state index >= 15 is 0 Å². The summed E-state index contributed by atoms with van der Waals surface area (Å²) >= 11 is 0. The molecule has 0 saturated carbocycles. The maximum Gasteiger partial charge on any atom is 0.338 e. The van der Waals surface area contributed by atoms with Gasteiger partial charge in [0.2, 0.25) is 0 Å². The van der Waals surface area contributed by atoms with E-state index in [2.05, 4.69) is 0 Å². The zero-order valence-corrected chi connectivity index (χ0v) is 13.0. The van der Waals surface area contributed by atoms with Crippen molar-refractivity contribution in [2.24, 2.45) is 5.92 Å². The number of carbonyl (C=O) groups excluding carboxylic acids is 3. The standard InChI is InChI=1S/C16H20N2O5/c1-22-15(20)12-6-8-18(9-7-12)14(19)10-23-16(21)11-2-4-13(17)5-3-11/h2-5,12H,6-10,17H2,1H3. The third kappa shape index (κ3) is 4.45. The fourth-order valence-electron chi connectivity index (χ4n) is 2.45. The molecule has 0 aromatic heterocycles. The summed E-state index contributed by atoms with van der Waals surface area (Å²) in [5.74, 6) is -1.24. The molecule has 124 valence electrons. The Hall–Kier alpha value is -2.57.